The zero-order valence-electron chi connectivity index (χ0n) is 19.0. The topological polar surface area (TPSA) is 82.1 Å². The molecule has 0 saturated carbocycles. The standard InChI is InChI=1S/C25H27FN4O3S/c1-29(16-17-5-9-19(26)10-6-17)24(33)18-7-11-20(12-8-18)27-22(31)15-21-23(32)28-25(34-21)30-13-3-2-4-14-30/h5-12,21H,2-4,13-16H2,1H3,(H,27,31). The van der Waals surface area contributed by atoms with Gasteiger partial charge >= 0.3 is 0 Å². The van der Waals surface area contributed by atoms with Gasteiger partial charge in [-0.3, -0.25) is 14.4 Å². The fourth-order valence-corrected chi connectivity index (χ4v) is 5.08. The normalized spacial score (nSPS) is 17.9. The number of nitrogens with zero attached hydrogens (tertiary/aromatic N) is 3. The van der Waals surface area contributed by atoms with Crippen molar-refractivity contribution < 1.29 is 18.8 Å². The van der Waals surface area contributed by atoms with Crippen LogP contribution in [0.5, 0.6) is 0 Å². The minimum Gasteiger partial charge on any atom is -0.351 e. The molecule has 1 unspecified atom stereocenters. The van der Waals surface area contributed by atoms with Crippen molar-refractivity contribution in [2.75, 3.05) is 25.5 Å². The van der Waals surface area contributed by atoms with Gasteiger partial charge in [0, 0.05) is 44.4 Å². The number of nitrogens with one attached hydrogen (secondary N) is 1. The van der Waals surface area contributed by atoms with Crippen molar-refractivity contribution >= 4 is 40.3 Å². The zero-order chi connectivity index (χ0) is 24.1. The molecule has 1 atom stereocenters. The van der Waals surface area contributed by atoms with E-state index >= 15 is 0 Å². The molecule has 1 N–H and O–H groups in total. The SMILES string of the molecule is CN(Cc1ccc(F)cc1)C(=O)c1ccc(NC(=O)CC2SC(N3CCCCC3)=NC2=O)cc1. The highest BCUT2D eigenvalue weighted by Gasteiger charge is 2.33. The Morgan fingerprint density at radius 2 is 1.76 bits per heavy atom. The number of amidine groups is 1. The molecule has 0 aromatic heterocycles. The first-order chi connectivity index (χ1) is 16.4. The van der Waals surface area contributed by atoms with E-state index in [1.807, 2.05) is 0 Å². The van der Waals surface area contributed by atoms with Crippen molar-refractivity contribution in [3.05, 3.63) is 65.5 Å². The summed E-state index contributed by atoms with van der Waals surface area (Å²) in [4.78, 5) is 45.3. The maximum atomic E-state index is 13.1. The van der Waals surface area contributed by atoms with E-state index < -0.39 is 5.25 Å². The molecule has 2 aromatic carbocycles. The van der Waals surface area contributed by atoms with Gasteiger partial charge in [-0.15, -0.1) is 0 Å². The molecule has 2 aliphatic heterocycles. The molecule has 1 saturated heterocycles. The van der Waals surface area contributed by atoms with Gasteiger partial charge in [0.25, 0.3) is 11.8 Å². The highest BCUT2D eigenvalue weighted by molar-refractivity contribution is 8.15. The van der Waals surface area contributed by atoms with Crippen LogP contribution in [0, 0.1) is 5.82 Å². The third kappa shape index (κ3) is 6.02. The number of benzene rings is 2. The van der Waals surface area contributed by atoms with E-state index in [-0.39, 0.29) is 30.0 Å². The Bertz CT molecular complexity index is 1080. The molecule has 34 heavy (non-hydrogen) atoms. The van der Waals surface area contributed by atoms with E-state index in [9.17, 15) is 18.8 Å². The average molecular weight is 483 g/mol. The fraction of sp³-hybridized carbons (Fsp3) is 0.360. The maximum Gasteiger partial charge on any atom is 0.262 e. The Morgan fingerprint density at radius 1 is 1.09 bits per heavy atom. The molecular formula is C25H27FN4O3S. The number of carbonyl (C=O) groups excluding carboxylic acids is 3. The number of amides is 3. The summed E-state index contributed by atoms with van der Waals surface area (Å²) in [5.74, 6) is -1.03. The number of piperidine rings is 1. The van der Waals surface area contributed by atoms with Crippen LogP contribution in [-0.4, -0.2) is 58.1 Å². The Labute approximate surface area is 202 Å². The van der Waals surface area contributed by atoms with Crippen LogP contribution < -0.4 is 5.32 Å². The number of likely N-dealkylation sites (tertiary alicyclic amines) is 1. The van der Waals surface area contributed by atoms with Crippen molar-refractivity contribution in [2.24, 2.45) is 4.99 Å². The summed E-state index contributed by atoms with van der Waals surface area (Å²) in [6.07, 6.45) is 3.44. The molecule has 0 aliphatic carbocycles. The van der Waals surface area contributed by atoms with Gasteiger partial charge < -0.3 is 15.1 Å². The lowest BCUT2D eigenvalue weighted by Gasteiger charge is -2.27. The van der Waals surface area contributed by atoms with Gasteiger partial charge in [-0.25, -0.2) is 4.39 Å². The predicted octanol–water partition coefficient (Wildman–Crippen LogP) is 3.91. The summed E-state index contributed by atoms with van der Waals surface area (Å²) in [6.45, 7) is 2.16. The molecule has 2 heterocycles. The quantitative estimate of drug-likeness (QED) is 0.675. The van der Waals surface area contributed by atoms with Gasteiger partial charge in [0.2, 0.25) is 5.91 Å². The minimum absolute atomic E-state index is 0.0471. The maximum absolute atomic E-state index is 13.1. The largest absolute Gasteiger partial charge is 0.351 e. The van der Waals surface area contributed by atoms with Crippen LogP contribution in [0.3, 0.4) is 0 Å². The summed E-state index contributed by atoms with van der Waals surface area (Å²) in [7, 11) is 1.68. The summed E-state index contributed by atoms with van der Waals surface area (Å²) in [6, 6.07) is 12.6. The molecule has 9 heteroatoms. The summed E-state index contributed by atoms with van der Waals surface area (Å²) >= 11 is 1.37. The Morgan fingerprint density at radius 3 is 2.44 bits per heavy atom. The summed E-state index contributed by atoms with van der Waals surface area (Å²) in [5, 5.41) is 3.02. The molecule has 7 nitrogen and oxygen atoms in total. The molecule has 4 rings (SSSR count). The van der Waals surface area contributed by atoms with Crippen LogP contribution in [-0.2, 0) is 16.1 Å². The van der Waals surface area contributed by atoms with Crippen LogP contribution in [0.4, 0.5) is 10.1 Å². The van der Waals surface area contributed by atoms with Crippen molar-refractivity contribution in [3.63, 3.8) is 0 Å². The van der Waals surface area contributed by atoms with Crippen LogP contribution in [0.2, 0.25) is 0 Å². The summed E-state index contributed by atoms with van der Waals surface area (Å²) in [5.41, 5.74) is 1.85. The molecular weight excluding hydrogens is 455 g/mol. The van der Waals surface area contributed by atoms with Gasteiger partial charge in [0.15, 0.2) is 5.17 Å². The minimum atomic E-state index is -0.502. The van der Waals surface area contributed by atoms with Crippen molar-refractivity contribution in [1.82, 2.24) is 9.80 Å². The third-order valence-electron chi connectivity index (χ3n) is 5.82. The second kappa shape index (κ2) is 10.8. The number of hydrogen-bond donors (Lipinski definition) is 1. The van der Waals surface area contributed by atoms with E-state index in [0.29, 0.717) is 17.8 Å². The number of carbonyl (C=O) groups is 3. The van der Waals surface area contributed by atoms with E-state index in [2.05, 4.69) is 15.2 Å². The van der Waals surface area contributed by atoms with E-state index in [4.69, 9.17) is 0 Å². The van der Waals surface area contributed by atoms with Crippen LogP contribution in [0.15, 0.2) is 53.5 Å². The number of anilines is 1. The second-order valence-corrected chi connectivity index (χ2v) is 9.67. The number of aliphatic imine (C=N–C) groups is 1. The smallest absolute Gasteiger partial charge is 0.262 e. The van der Waals surface area contributed by atoms with Crippen molar-refractivity contribution in [1.29, 1.82) is 0 Å². The molecule has 1 fully saturated rings. The van der Waals surface area contributed by atoms with Crippen LogP contribution in [0.25, 0.3) is 0 Å². The zero-order valence-corrected chi connectivity index (χ0v) is 19.8. The molecule has 3 amide bonds. The molecule has 2 aliphatic rings. The predicted molar refractivity (Wildman–Crippen MR) is 131 cm³/mol. The number of hydrogen-bond acceptors (Lipinski definition) is 5. The van der Waals surface area contributed by atoms with E-state index in [1.54, 1.807) is 48.3 Å². The van der Waals surface area contributed by atoms with Gasteiger partial charge in [-0.1, -0.05) is 23.9 Å². The average Bonchev–Trinajstić information content (AvgIpc) is 3.21. The first-order valence-corrected chi connectivity index (χ1v) is 12.2. The van der Waals surface area contributed by atoms with Gasteiger partial charge in [-0.05, 0) is 61.2 Å². The van der Waals surface area contributed by atoms with Crippen molar-refractivity contribution in [3.8, 4) is 0 Å². The van der Waals surface area contributed by atoms with E-state index in [0.717, 1.165) is 36.7 Å². The van der Waals surface area contributed by atoms with Gasteiger partial charge in [0.1, 0.15) is 11.1 Å². The second-order valence-electron chi connectivity index (χ2n) is 8.50. The number of halogens is 1. The molecule has 0 bridgehead atoms. The first kappa shape index (κ1) is 23.9. The Balaban J connectivity index is 1.27. The molecule has 178 valence electrons. The van der Waals surface area contributed by atoms with Crippen molar-refractivity contribution in [2.45, 2.75) is 37.5 Å². The molecule has 0 spiro atoms. The lowest BCUT2D eigenvalue weighted by atomic mass is 10.1. The first-order valence-electron chi connectivity index (χ1n) is 11.3. The molecule has 0 radical (unpaired) electrons. The lowest BCUT2D eigenvalue weighted by Crippen LogP contribution is -2.33. The van der Waals surface area contributed by atoms with Crippen LogP contribution >= 0.6 is 11.8 Å². The van der Waals surface area contributed by atoms with Gasteiger partial charge in [0.05, 0.1) is 0 Å². The number of thioether (sulfide) groups is 1. The third-order valence-corrected chi connectivity index (χ3v) is 7.03. The number of rotatable bonds is 6. The van der Waals surface area contributed by atoms with E-state index in [1.165, 1.54) is 30.3 Å². The molecule has 2 aromatic rings. The Hall–Kier alpha value is -3.20. The fourth-order valence-electron chi connectivity index (χ4n) is 3.96. The summed E-state index contributed by atoms with van der Waals surface area (Å²) < 4.78 is 13.1. The monoisotopic (exact) mass is 482 g/mol. The lowest BCUT2D eigenvalue weighted by molar-refractivity contribution is -0.121. The van der Waals surface area contributed by atoms with Crippen LogP contribution in [0.1, 0.15) is 41.6 Å². The highest BCUT2D eigenvalue weighted by atomic mass is 32.2. The van der Waals surface area contributed by atoms with Gasteiger partial charge in [-0.2, -0.15) is 4.99 Å². The Kier molecular flexibility index (Phi) is 7.62. The highest BCUT2D eigenvalue weighted by Crippen LogP contribution is 2.29.